The molecule has 0 bridgehead atoms. The summed E-state index contributed by atoms with van der Waals surface area (Å²) < 4.78 is 25.3. The largest absolute Gasteiger partial charge is 0.394 e. The van der Waals surface area contributed by atoms with Gasteiger partial charge in [0.1, 0.15) is 0 Å². The van der Waals surface area contributed by atoms with E-state index in [-0.39, 0.29) is 23.3 Å². The van der Waals surface area contributed by atoms with Crippen molar-refractivity contribution in [3.05, 3.63) is 29.8 Å². The third kappa shape index (κ3) is 4.38. The SMILES string of the molecule is CC(C)(C)c1ccc(S(=O)(=O)CCN2CCCCC2(C)CO)cc1. The maximum absolute atomic E-state index is 12.6. The molecule has 1 unspecified atom stereocenters. The van der Waals surface area contributed by atoms with E-state index in [1.807, 2.05) is 19.1 Å². The lowest BCUT2D eigenvalue weighted by molar-refractivity contribution is 0.0169. The van der Waals surface area contributed by atoms with Crippen molar-refractivity contribution in [1.29, 1.82) is 0 Å². The molecule has 1 heterocycles. The van der Waals surface area contributed by atoms with Crippen LogP contribution in [0.15, 0.2) is 29.2 Å². The second-order valence-electron chi connectivity index (χ2n) is 8.19. The zero-order chi connectivity index (χ0) is 18.0. The molecular weight excluding hydrogens is 322 g/mol. The van der Waals surface area contributed by atoms with Crippen LogP contribution in [0.3, 0.4) is 0 Å². The third-order valence-corrected chi connectivity index (χ3v) is 6.92. The summed E-state index contributed by atoms with van der Waals surface area (Å²) in [5, 5.41) is 9.68. The van der Waals surface area contributed by atoms with Gasteiger partial charge in [0.2, 0.25) is 0 Å². The molecule has 1 aromatic carbocycles. The molecule has 24 heavy (non-hydrogen) atoms. The predicted molar refractivity (Wildman–Crippen MR) is 98.1 cm³/mol. The number of sulfone groups is 1. The van der Waals surface area contributed by atoms with Crippen LogP contribution in [0, 0.1) is 0 Å². The number of likely N-dealkylation sites (tertiary alicyclic amines) is 1. The van der Waals surface area contributed by atoms with Crippen LogP contribution in [0.1, 0.15) is 52.5 Å². The van der Waals surface area contributed by atoms with Crippen molar-refractivity contribution in [1.82, 2.24) is 4.90 Å². The number of hydrogen-bond acceptors (Lipinski definition) is 4. The minimum Gasteiger partial charge on any atom is -0.394 e. The second-order valence-corrected chi connectivity index (χ2v) is 10.3. The van der Waals surface area contributed by atoms with Gasteiger partial charge >= 0.3 is 0 Å². The van der Waals surface area contributed by atoms with E-state index in [0.717, 1.165) is 31.4 Å². The van der Waals surface area contributed by atoms with Crippen molar-refractivity contribution in [2.24, 2.45) is 0 Å². The summed E-state index contributed by atoms with van der Waals surface area (Å²) in [7, 11) is -3.30. The number of rotatable bonds is 5. The van der Waals surface area contributed by atoms with E-state index >= 15 is 0 Å². The lowest BCUT2D eigenvalue weighted by atomic mass is 9.87. The molecule has 1 aromatic rings. The summed E-state index contributed by atoms with van der Waals surface area (Å²) in [6.45, 7) is 9.77. The maximum Gasteiger partial charge on any atom is 0.179 e. The van der Waals surface area contributed by atoms with Gasteiger partial charge in [0.05, 0.1) is 17.3 Å². The highest BCUT2D eigenvalue weighted by Crippen LogP contribution is 2.28. The summed E-state index contributed by atoms with van der Waals surface area (Å²) in [5.74, 6) is 0.0947. The molecule has 1 fully saturated rings. The molecule has 1 aliphatic rings. The van der Waals surface area contributed by atoms with Crippen LogP contribution in [0.4, 0.5) is 0 Å². The first kappa shape index (κ1) is 19.4. The van der Waals surface area contributed by atoms with Gasteiger partial charge in [-0.25, -0.2) is 8.42 Å². The van der Waals surface area contributed by atoms with Gasteiger partial charge in [0.25, 0.3) is 0 Å². The first-order valence-electron chi connectivity index (χ1n) is 8.78. The molecule has 2 rings (SSSR count). The number of piperidine rings is 1. The van der Waals surface area contributed by atoms with Crippen LogP contribution >= 0.6 is 0 Å². The highest BCUT2D eigenvalue weighted by atomic mass is 32.2. The Morgan fingerprint density at radius 1 is 1.17 bits per heavy atom. The van der Waals surface area contributed by atoms with Crippen LogP contribution in [-0.4, -0.2) is 49.4 Å². The number of aliphatic hydroxyl groups is 1. The average Bonchev–Trinajstić information content (AvgIpc) is 2.53. The summed E-state index contributed by atoms with van der Waals surface area (Å²) in [6, 6.07) is 7.26. The minimum atomic E-state index is -3.30. The molecular formula is C19H31NO3S. The Balaban J connectivity index is 2.08. The second kappa shape index (κ2) is 7.14. The quantitative estimate of drug-likeness (QED) is 0.884. The monoisotopic (exact) mass is 353 g/mol. The minimum absolute atomic E-state index is 0.0129. The lowest BCUT2D eigenvalue weighted by Crippen LogP contribution is -2.53. The lowest BCUT2D eigenvalue weighted by Gasteiger charge is -2.43. The van der Waals surface area contributed by atoms with Gasteiger partial charge < -0.3 is 5.11 Å². The van der Waals surface area contributed by atoms with Crippen LogP contribution in [0.25, 0.3) is 0 Å². The molecule has 0 amide bonds. The smallest absolute Gasteiger partial charge is 0.179 e. The van der Waals surface area contributed by atoms with Crippen molar-refractivity contribution in [3.8, 4) is 0 Å². The van der Waals surface area contributed by atoms with Gasteiger partial charge in [-0.1, -0.05) is 39.3 Å². The zero-order valence-electron chi connectivity index (χ0n) is 15.4. The van der Waals surface area contributed by atoms with Crippen molar-refractivity contribution in [3.63, 3.8) is 0 Å². The van der Waals surface area contributed by atoms with Gasteiger partial charge in [0.15, 0.2) is 9.84 Å². The van der Waals surface area contributed by atoms with Gasteiger partial charge in [-0.05, 0) is 49.4 Å². The first-order chi connectivity index (χ1) is 11.1. The molecule has 0 radical (unpaired) electrons. The standard InChI is InChI=1S/C19H31NO3S/c1-18(2,3)16-7-9-17(10-8-16)24(22,23)14-13-20-12-6-5-11-19(20,4)15-21/h7-10,21H,5-6,11-15H2,1-4H3. The zero-order valence-corrected chi connectivity index (χ0v) is 16.2. The highest BCUT2D eigenvalue weighted by molar-refractivity contribution is 7.91. The van der Waals surface area contributed by atoms with Crippen LogP contribution in [-0.2, 0) is 15.3 Å². The molecule has 0 saturated carbocycles. The van der Waals surface area contributed by atoms with Gasteiger partial charge in [-0.2, -0.15) is 0 Å². The van der Waals surface area contributed by atoms with E-state index in [1.165, 1.54) is 0 Å². The van der Waals surface area contributed by atoms with Crippen molar-refractivity contribution < 1.29 is 13.5 Å². The molecule has 136 valence electrons. The van der Waals surface area contributed by atoms with E-state index in [2.05, 4.69) is 25.7 Å². The fourth-order valence-electron chi connectivity index (χ4n) is 3.31. The Labute approximate surface area is 146 Å². The van der Waals surface area contributed by atoms with Crippen LogP contribution < -0.4 is 0 Å². The molecule has 0 spiro atoms. The number of nitrogens with zero attached hydrogens (tertiary/aromatic N) is 1. The van der Waals surface area contributed by atoms with E-state index in [4.69, 9.17) is 0 Å². The summed E-state index contributed by atoms with van der Waals surface area (Å²) in [6.07, 6.45) is 3.08. The molecule has 0 aromatic heterocycles. The van der Waals surface area contributed by atoms with Crippen molar-refractivity contribution in [2.45, 2.75) is 62.8 Å². The van der Waals surface area contributed by atoms with Gasteiger partial charge in [-0.3, -0.25) is 4.90 Å². The first-order valence-corrected chi connectivity index (χ1v) is 10.4. The van der Waals surface area contributed by atoms with Crippen LogP contribution in [0.5, 0.6) is 0 Å². The Kier molecular flexibility index (Phi) is 5.78. The Bertz CT molecular complexity index is 646. The summed E-state index contributed by atoms with van der Waals surface area (Å²) in [4.78, 5) is 2.52. The third-order valence-electron chi connectivity index (χ3n) is 5.21. The molecule has 1 N–H and O–H groups in total. The van der Waals surface area contributed by atoms with Crippen molar-refractivity contribution in [2.75, 3.05) is 25.4 Å². The van der Waals surface area contributed by atoms with Gasteiger partial charge in [-0.15, -0.1) is 0 Å². The number of hydrogen-bond donors (Lipinski definition) is 1. The fraction of sp³-hybridized carbons (Fsp3) is 0.684. The van der Waals surface area contributed by atoms with E-state index in [0.29, 0.717) is 11.4 Å². The molecule has 1 atom stereocenters. The maximum atomic E-state index is 12.6. The van der Waals surface area contributed by atoms with E-state index in [1.54, 1.807) is 12.1 Å². The van der Waals surface area contributed by atoms with E-state index in [9.17, 15) is 13.5 Å². The molecule has 0 aliphatic carbocycles. The normalized spacial score (nSPS) is 23.4. The summed E-state index contributed by atoms with van der Waals surface area (Å²) in [5.41, 5.74) is 0.855. The topological polar surface area (TPSA) is 57.6 Å². The van der Waals surface area contributed by atoms with Crippen LogP contribution in [0.2, 0.25) is 0 Å². The Hall–Kier alpha value is -0.910. The molecule has 1 saturated heterocycles. The summed E-state index contributed by atoms with van der Waals surface area (Å²) >= 11 is 0. The Morgan fingerprint density at radius 2 is 1.79 bits per heavy atom. The number of aliphatic hydroxyl groups excluding tert-OH is 1. The fourth-order valence-corrected chi connectivity index (χ4v) is 4.56. The van der Waals surface area contributed by atoms with E-state index < -0.39 is 9.84 Å². The predicted octanol–water partition coefficient (Wildman–Crippen LogP) is 2.99. The molecule has 4 nitrogen and oxygen atoms in total. The molecule has 5 heteroatoms. The molecule has 1 aliphatic heterocycles. The van der Waals surface area contributed by atoms with Crippen molar-refractivity contribution >= 4 is 9.84 Å². The highest BCUT2D eigenvalue weighted by Gasteiger charge is 2.34. The Morgan fingerprint density at radius 3 is 2.33 bits per heavy atom. The van der Waals surface area contributed by atoms with Gasteiger partial charge in [0, 0.05) is 12.1 Å². The number of benzene rings is 1. The average molecular weight is 354 g/mol.